The maximum Gasteiger partial charge on any atom is 0.242 e. The van der Waals surface area contributed by atoms with Crippen molar-refractivity contribution < 1.29 is 19.1 Å². The Morgan fingerprint density at radius 1 is 1.11 bits per heavy atom. The molecule has 0 spiro atoms. The van der Waals surface area contributed by atoms with Gasteiger partial charge in [-0.05, 0) is 36.4 Å². The van der Waals surface area contributed by atoms with E-state index < -0.39 is 5.92 Å². The van der Waals surface area contributed by atoms with E-state index in [0.717, 1.165) is 5.52 Å². The Bertz CT molecular complexity index is 1020. The van der Waals surface area contributed by atoms with Gasteiger partial charge in [0.25, 0.3) is 0 Å². The van der Waals surface area contributed by atoms with Crippen molar-refractivity contribution in [1.82, 2.24) is 9.55 Å². The molecule has 138 valence electrons. The number of imidazole rings is 1. The standard InChI is InChI=1S/C20H19N3O4/c1-26-13-5-3-12(4-6-13)21-20(25)18-17(24)9-10-23-16-8-7-14(27-2)11-15(16)22-19(18)23/h3-8,11,18H,9-10H2,1-2H3,(H,21,25). The van der Waals surface area contributed by atoms with Crippen LogP contribution in [0.1, 0.15) is 18.2 Å². The van der Waals surface area contributed by atoms with Gasteiger partial charge in [-0.1, -0.05) is 0 Å². The van der Waals surface area contributed by atoms with Gasteiger partial charge in [-0.25, -0.2) is 4.98 Å². The van der Waals surface area contributed by atoms with E-state index in [1.54, 1.807) is 38.5 Å². The number of nitrogens with one attached hydrogen (secondary N) is 1. The largest absolute Gasteiger partial charge is 0.497 e. The molecule has 1 atom stereocenters. The lowest BCUT2D eigenvalue weighted by molar-refractivity contribution is -0.128. The predicted octanol–water partition coefficient (Wildman–Crippen LogP) is 2.75. The first-order valence-electron chi connectivity index (χ1n) is 8.62. The van der Waals surface area contributed by atoms with Crippen LogP contribution in [-0.4, -0.2) is 35.5 Å². The number of hydrogen-bond acceptors (Lipinski definition) is 5. The second-order valence-electron chi connectivity index (χ2n) is 6.34. The van der Waals surface area contributed by atoms with E-state index in [-0.39, 0.29) is 11.7 Å². The zero-order valence-corrected chi connectivity index (χ0v) is 15.1. The number of methoxy groups -OCH3 is 2. The average molecular weight is 365 g/mol. The summed E-state index contributed by atoms with van der Waals surface area (Å²) in [4.78, 5) is 29.9. The minimum absolute atomic E-state index is 0.129. The van der Waals surface area contributed by atoms with Gasteiger partial charge in [-0.3, -0.25) is 9.59 Å². The fourth-order valence-electron chi connectivity index (χ4n) is 3.37. The molecule has 2 aromatic carbocycles. The van der Waals surface area contributed by atoms with Crippen molar-refractivity contribution in [3.63, 3.8) is 0 Å². The SMILES string of the molecule is COc1ccc(NC(=O)C2C(=O)CCn3c2nc2cc(OC)ccc23)cc1. The Labute approximate surface area is 155 Å². The number of amides is 1. The third-order valence-corrected chi connectivity index (χ3v) is 4.77. The van der Waals surface area contributed by atoms with Gasteiger partial charge in [-0.2, -0.15) is 0 Å². The van der Waals surface area contributed by atoms with Crippen LogP contribution >= 0.6 is 0 Å². The summed E-state index contributed by atoms with van der Waals surface area (Å²) in [5.74, 6) is 0.407. The first kappa shape index (κ1) is 17.1. The van der Waals surface area contributed by atoms with Crippen LogP contribution in [0.15, 0.2) is 42.5 Å². The van der Waals surface area contributed by atoms with Gasteiger partial charge >= 0.3 is 0 Å². The molecule has 1 N–H and O–H groups in total. The number of hydrogen-bond donors (Lipinski definition) is 1. The molecule has 4 rings (SSSR count). The number of carbonyl (C=O) groups excluding carboxylic acids is 2. The second-order valence-corrected chi connectivity index (χ2v) is 6.34. The maximum absolute atomic E-state index is 12.9. The quantitative estimate of drug-likeness (QED) is 0.719. The highest BCUT2D eigenvalue weighted by atomic mass is 16.5. The van der Waals surface area contributed by atoms with E-state index in [1.165, 1.54) is 0 Å². The molecule has 27 heavy (non-hydrogen) atoms. The smallest absolute Gasteiger partial charge is 0.242 e. The first-order valence-corrected chi connectivity index (χ1v) is 8.62. The molecule has 3 aromatic rings. The summed E-state index contributed by atoms with van der Waals surface area (Å²) in [6.45, 7) is 0.517. The van der Waals surface area contributed by atoms with Crippen LogP contribution < -0.4 is 14.8 Å². The molecule has 1 aromatic heterocycles. The van der Waals surface area contributed by atoms with Crippen LogP contribution in [0, 0.1) is 0 Å². The number of benzene rings is 2. The van der Waals surface area contributed by atoms with Crippen molar-refractivity contribution in [3.8, 4) is 11.5 Å². The molecule has 1 unspecified atom stereocenters. The third-order valence-electron chi connectivity index (χ3n) is 4.77. The van der Waals surface area contributed by atoms with Gasteiger partial charge in [-0.15, -0.1) is 0 Å². The van der Waals surface area contributed by atoms with Crippen molar-refractivity contribution in [2.45, 2.75) is 18.9 Å². The van der Waals surface area contributed by atoms with Gasteiger partial charge in [0, 0.05) is 24.7 Å². The topological polar surface area (TPSA) is 82.5 Å². The van der Waals surface area contributed by atoms with E-state index in [1.807, 2.05) is 22.8 Å². The summed E-state index contributed by atoms with van der Waals surface area (Å²) in [7, 11) is 3.17. The average Bonchev–Trinajstić information content (AvgIpc) is 3.05. The van der Waals surface area contributed by atoms with Crippen LogP contribution in [0.25, 0.3) is 11.0 Å². The van der Waals surface area contributed by atoms with E-state index in [4.69, 9.17) is 9.47 Å². The maximum atomic E-state index is 12.9. The number of fused-ring (bicyclic) bond motifs is 3. The van der Waals surface area contributed by atoms with Crippen LogP contribution in [-0.2, 0) is 16.1 Å². The van der Waals surface area contributed by atoms with E-state index >= 15 is 0 Å². The molecule has 1 amide bonds. The van der Waals surface area contributed by atoms with Crippen molar-refractivity contribution >= 4 is 28.4 Å². The molecule has 1 aliphatic heterocycles. The monoisotopic (exact) mass is 365 g/mol. The zero-order valence-electron chi connectivity index (χ0n) is 15.1. The number of carbonyl (C=O) groups is 2. The lowest BCUT2D eigenvalue weighted by atomic mass is 9.96. The number of nitrogens with zero attached hydrogens (tertiary/aromatic N) is 2. The predicted molar refractivity (Wildman–Crippen MR) is 100 cm³/mol. The Morgan fingerprint density at radius 2 is 1.81 bits per heavy atom. The summed E-state index contributed by atoms with van der Waals surface area (Å²) in [5.41, 5.74) is 2.20. The van der Waals surface area contributed by atoms with Crippen LogP contribution in [0.2, 0.25) is 0 Å². The molecule has 0 fully saturated rings. The van der Waals surface area contributed by atoms with Crippen molar-refractivity contribution in [2.75, 3.05) is 19.5 Å². The van der Waals surface area contributed by atoms with Gasteiger partial charge in [0.1, 0.15) is 17.3 Å². The van der Waals surface area contributed by atoms with Gasteiger partial charge < -0.3 is 19.4 Å². The summed E-state index contributed by atoms with van der Waals surface area (Å²) < 4.78 is 12.3. The molecule has 0 saturated carbocycles. The summed E-state index contributed by atoms with van der Waals surface area (Å²) >= 11 is 0. The van der Waals surface area contributed by atoms with Crippen molar-refractivity contribution in [2.24, 2.45) is 0 Å². The number of anilines is 1. The Hall–Kier alpha value is -3.35. The number of rotatable bonds is 4. The Morgan fingerprint density at radius 3 is 2.52 bits per heavy atom. The lowest BCUT2D eigenvalue weighted by Gasteiger charge is -2.22. The molecule has 0 saturated heterocycles. The van der Waals surface area contributed by atoms with Gasteiger partial charge in [0.2, 0.25) is 5.91 Å². The summed E-state index contributed by atoms with van der Waals surface area (Å²) in [6, 6.07) is 12.5. The van der Waals surface area contributed by atoms with Crippen LogP contribution in [0.5, 0.6) is 11.5 Å². The van der Waals surface area contributed by atoms with Gasteiger partial charge in [0.05, 0.1) is 25.3 Å². The third kappa shape index (κ3) is 3.01. The molecule has 7 heteroatoms. The number of Topliss-reactive ketones (excluding diaryl/α,β-unsaturated/α-hetero) is 1. The molecule has 0 radical (unpaired) electrons. The Balaban J connectivity index is 1.68. The molecule has 2 heterocycles. The minimum Gasteiger partial charge on any atom is -0.497 e. The van der Waals surface area contributed by atoms with E-state index in [9.17, 15) is 9.59 Å². The molecule has 0 aliphatic carbocycles. The first-order chi connectivity index (χ1) is 13.1. The highest BCUT2D eigenvalue weighted by Crippen LogP contribution is 2.31. The van der Waals surface area contributed by atoms with Gasteiger partial charge in [0.15, 0.2) is 11.7 Å². The normalized spacial score (nSPS) is 16.1. The number of ketones is 1. The fraction of sp³-hybridized carbons (Fsp3) is 0.250. The second kappa shape index (κ2) is 6.75. The molecule has 7 nitrogen and oxygen atoms in total. The van der Waals surface area contributed by atoms with E-state index in [0.29, 0.717) is 41.5 Å². The zero-order chi connectivity index (χ0) is 19.0. The highest BCUT2D eigenvalue weighted by Gasteiger charge is 2.36. The van der Waals surface area contributed by atoms with Crippen LogP contribution in [0.3, 0.4) is 0 Å². The Kier molecular flexibility index (Phi) is 4.27. The molecule has 0 bridgehead atoms. The number of aromatic nitrogens is 2. The molecular weight excluding hydrogens is 346 g/mol. The van der Waals surface area contributed by atoms with Crippen LogP contribution in [0.4, 0.5) is 5.69 Å². The molecule has 1 aliphatic rings. The van der Waals surface area contributed by atoms with Crippen molar-refractivity contribution in [3.05, 3.63) is 48.3 Å². The minimum atomic E-state index is -0.931. The van der Waals surface area contributed by atoms with Crippen molar-refractivity contribution in [1.29, 1.82) is 0 Å². The fourth-order valence-corrected chi connectivity index (χ4v) is 3.37. The number of ether oxygens (including phenoxy) is 2. The lowest BCUT2D eigenvalue weighted by Crippen LogP contribution is -2.34. The van der Waals surface area contributed by atoms with E-state index in [2.05, 4.69) is 10.3 Å². The number of aryl methyl sites for hydroxylation is 1. The molecular formula is C20H19N3O4. The summed E-state index contributed by atoms with van der Waals surface area (Å²) in [5, 5.41) is 2.81. The summed E-state index contributed by atoms with van der Waals surface area (Å²) in [6.07, 6.45) is 0.297. The highest BCUT2D eigenvalue weighted by molar-refractivity contribution is 6.12.